The van der Waals surface area contributed by atoms with Crippen molar-refractivity contribution in [2.24, 2.45) is 5.92 Å². The largest absolute Gasteiger partial charge is 0.502 e. The van der Waals surface area contributed by atoms with Gasteiger partial charge >= 0.3 is 0 Å². The van der Waals surface area contributed by atoms with Crippen LogP contribution in [-0.2, 0) is 6.54 Å². The molecule has 19 heavy (non-hydrogen) atoms. The van der Waals surface area contributed by atoms with Gasteiger partial charge in [-0.2, -0.15) is 0 Å². The summed E-state index contributed by atoms with van der Waals surface area (Å²) in [5, 5.41) is 13.4. The van der Waals surface area contributed by atoms with Crippen LogP contribution in [0.1, 0.15) is 31.7 Å². The molecule has 0 aromatic heterocycles. The quantitative estimate of drug-likeness (QED) is 0.859. The second kappa shape index (κ2) is 6.15. The van der Waals surface area contributed by atoms with E-state index in [1.807, 2.05) is 12.1 Å². The summed E-state index contributed by atoms with van der Waals surface area (Å²) in [7, 11) is 3.09. The Morgan fingerprint density at radius 1 is 1.21 bits per heavy atom. The minimum atomic E-state index is 0.0586. The molecule has 0 heterocycles. The van der Waals surface area contributed by atoms with Crippen LogP contribution in [0.3, 0.4) is 0 Å². The van der Waals surface area contributed by atoms with E-state index < -0.39 is 0 Å². The van der Waals surface area contributed by atoms with E-state index in [1.54, 1.807) is 14.2 Å². The predicted octanol–water partition coefficient (Wildman–Crippen LogP) is 2.69. The van der Waals surface area contributed by atoms with E-state index in [0.717, 1.165) is 18.0 Å². The van der Waals surface area contributed by atoms with E-state index in [2.05, 4.69) is 12.2 Å². The number of hydrogen-bond donors (Lipinski definition) is 2. The van der Waals surface area contributed by atoms with Gasteiger partial charge in [0.25, 0.3) is 0 Å². The van der Waals surface area contributed by atoms with E-state index in [1.165, 1.54) is 19.3 Å². The van der Waals surface area contributed by atoms with Gasteiger partial charge in [-0.3, -0.25) is 0 Å². The molecule has 1 aliphatic rings. The Kier molecular flexibility index (Phi) is 4.53. The first-order chi connectivity index (χ1) is 9.13. The van der Waals surface area contributed by atoms with Crippen LogP contribution in [0, 0.1) is 5.92 Å². The van der Waals surface area contributed by atoms with Crippen molar-refractivity contribution >= 4 is 0 Å². The smallest absolute Gasteiger partial charge is 0.200 e. The minimum Gasteiger partial charge on any atom is -0.502 e. The standard InChI is InChI=1S/C15H23NO3/c1-10-4-5-12(6-10)16-9-11-7-13(18-2)15(17)14(8-11)19-3/h7-8,10,12,16-17H,4-6,9H2,1-3H3. The molecule has 1 fully saturated rings. The Morgan fingerprint density at radius 3 is 2.32 bits per heavy atom. The third-order valence-corrected chi connectivity index (χ3v) is 3.83. The molecule has 1 saturated carbocycles. The third kappa shape index (κ3) is 3.32. The first kappa shape index (κ1) is 14.0. The maximum atomic E-state index is 9.86. The minimum absolute atomic E-state index is 0.0586. The number of aromatic hydroxyl groups is 1. The number of benzene rings is 1. The normalized spacial score (nSPS) is 22.5. The SMILES string of the molecule is COc1cc(CNC2CCC(C)C2)cc(OC)c1O. The lowest BCUT2D eigenvalue weighted by molar-refractivity contribution is 0.338. The Bertz CT molecular complexity index is 408. The zero-order chi connectivity index (χ0) is 13.8. The second-order valence-corrected chi connectivity index (χ2v) is 5.34. The number of phenolic OH excluding ortho intramolecular Hbond substituents is 1. The van der Waals surface area contributed by atoms with Gasteiger partial charge in [-0.25, -0.2) is 0 Å². The maximum Gasteiger partial charge on any atom is 0.200 e. The lowest BCUT2D eigenvalue weighted by Crippen LogP contribution is -2.25. The summed E-state index contributed by atoms with van der Waals surface area (Å²) in [6.07, 6.45) is 3.79. The molecule has 0 saturated heterocycles. The zero-order valence-electron chi connectivity index (χ0n) is 11.9. The van der Waals surface area contributed by atoms with Gasteiger partial charge in [0.05, 0.1) is 14.2 Å². The Labute approximate surface area is 114 Å². The van der Waals surface area contributed by atoms with Crippen LogP contribution < -0.4 is 14.8 Å². The van der Waals surface area contributed by atoms with Gasteiger partial charge in [0, 0.05) is 12.6 Å². The fourth-order valence-corrected chi connectivity index (χ4v) is 2.70. The molecular weight excluding hydrogens is 242 g/mol. The van der Waals surface area contributed by atoms with E-state index in [-0.39, 0.29) is 5.75 Å². The van der Waals surface area contributed by atoms with Crippen molar-refractivity contribution in [2.45, 2.75) is 38.8 Å². The molecule has 4 nitrogen and oxygen atoms in total. The maximum absolute atomic E-state index is 9.86. The second-order valence-electron chi connectivity index (χ2n) is 5.34. The molecule has 106 valence electrons. The Balaban J connectivity index is 2.03. The fourth-order valence-electron chi connectivity index (χ4n) is 2.70. The van der Waals surface area contributed by atoms with Crippen molar-refractivity contribution in [1.82, 2.24) is 5.32 Å². The third-order valence-electron chi connectivity index (χ3n) is 3.83. The van der Waals surface area contributed by atoms with Gasteiger partial charge in [-0.05, 0) is 42.9 Å². The average molecular weight is 265 g/mol. The number of nitrogens with one attached hydrogen (secondary N) is 1. The molecule has 1 aromatic rings. The number of phenols is 1. The van der Waals surface area contributed by atoms with Crippen molar-refractivity contribution in [3.05, 3.63) is 17.7 Å². The molecule has 0 radical (unpaired) electrons. The highest BCUT2D eigenvalue weighted by Crippen LogP contribution is 2.37. The van der Waals surface area contributed by atoms with Crippen LogP contribution in [0.4, 0.5) is 0 Å². The lowest BCUT2D eigenvalue weighted by atomic mass is 10.1. The van der Waals surface area contributed by atoms with Crippen LogP contribution in [-0.4, -0.2) is 25.4 Å². The Morgan fingerprint density at radius 2 is 1.84 bits per heavy atom. The van der Waals surface area contributed by atoms with Gasteiger partial charge in [-0.1, -0.05) is 6.92 Å². The molecule has 0 bridgehead atoms. The molecule has 4 heteroatoms. The lowest BCUT2D eigenvalue weighted by Gasteiger charge is -2.15. The summed E-state index contributed by atoms with van der Waals surface area (Å²) >= 11 is 0. The van der Waals surface area contributed by atoms with E-state index in [9.17, 15) is 5.11 Å². The van der Waals surface area contributed by atoms with Crippen molar-refractivity contribution in [1.29, 1.82) is 0 Å². The first-order valence-corrected chi connectivity index (χ1v) is 6.81. The predicted molar refractivity (Wildman–Crippen MR) is 74.9 cm³/mol. The molecule has 2 N–H and O–H groups in total. The van der Waals surface area contributed by atoms with Crippen LogP contribution in [0.25, 0.3) is 0 Å². The summed E-state index contributed by atoms with van der Waals surface area (Å²) < 4.78 is 10.3. The molecule has 0 amide bonds. The summed E-state index contributed by atoms with van der Waals surface area (Å²) in [6, 6.07) is 4.30. The van der Waals surface area contributed by atoms with E-state index in [4.69, 9.17) is 9.47 Å². The summed E-state index contributed by atoms with van der Waals surface area (Å²) in [6.45, 7) is 3.07. The number of hydrogen-bond acceptors (Lipinski definition) is 4. The van der Waals surface area contributed by atoms with Gasteiger partial charge in [0.1, 0.15) is 0 Å². The van der Waals surface area contributed by atoms with Crippen LogP contribution in [0.15, 0.2) is 12.1 Å². The monoisotopic (exact) mass is 265 g/mol. The van der Waals surface area contributed by atoms with Gasteiger partial charge in [-0.15, -0.1) is 0 Å². The molecule has 2 rings (SSSR count). The van der Waals surface area contributed by atoms with Gasteiger partial charge in [0.2, 0.25) is 5.75 Å². The average Bonchev–Trinajstić information content (AvgIpc) is 2.83. The first-order valence-electron chi connectivity index (χ1n) is 6.81. The van der Waals surface area contributed by atoms with Crippen molar-refractivity contribution < 1.29 is 14.6 Å². The number of methoxy groups -OCH3 is 2. The van der Waals surface area contributed by atoms with Crippen LogP contribution in [0.5, 0.6) is 17.2 Å². The van der Waals surface area contributed by atoms with Crippen molar-refractivity contribution in [2.75, 3.05) is 14.2 Å². The van der Waals surface area contributed by atoms with Gasteiger partial charge in [0.15, 0.2) is 11.5 Å². The highest BCUT2D eigenvalue weighted by Gasteiger charge is 2.20. The molecule has 2 atom stereocenters. The van der Waals surface area contributed by atoms with Crippen LogP contribution in [0.2, 0.25) is 0 Å². The van der Waals surface area contributed by atoms with Crippen LogP contribution >= 0.6 is 0 Å². The number of ether oxygens (including phenoxy) is 2. The Hall–Kier alpha value is -1.42. The summed E-state index contributed by atoms with van der Waals surface area (Å²) in [5.41, 5.74) is 1.06. The fraction of sp³-hybridized carbons (Fsp3) is 0.600. The summed E-state index contributed by atoms with van der Waals surface area (Å²) in [4.78, 5) is 0. The zero-order valence-corrected chi connectivity index (χ0v) is 11.9. The number of rotatable bonds is 5. The molecule has 1 aliphatic carbocycles. The topological polar surface area (TPSA) is 50.7 Å². The molecule has 0 spiro atoms. The van der Waals surface area contributed by atoms with Gasteiger partial charge < -0.3 is 19.9 Å². The molecular formula is C15H23NO3. The van der Waals surface area contributed by atoms with Crippen molar-refractivity contribution in [3.63, 3.8) is 0 Å². The molecule has 2 unspecified atom stereocenters. The highest BCUT2D eigenvalue weighted by molar-refractivity contribution is 5.52. The summed E-state index contributed by atoms with van der Waals surface area (Å²) in [5.74, 6) is 1.79. The van der Waals surface area contributed by atoms with Crippen molar-refractivity contribution in [3.8, 4) is 17.2 Å². The highest BCUT2D eigenvalue weighted by atomic mass is 16.5. The van der Waals surface area contributed by atoms with E-state index in [0.29, 0.717) is 17.5 Å². The molecule has 0 aliphatic heterocycles. The molecule has 1 aromatic carbocycles. The van der Waals surface area contributed by atoms with E-state index >= 15 is 0 Å².